The van der Waals surface area contributed by atoms with Crippen LogP contribution >= 0.6 is 35.6 Å². The summed E-state index contributed by atoms with van der Waals surface area (Å²) in [6, 6.07) is 22.7. The van der Waals surface area contributed by atoms with Crippen LogP contribution in [0.2, 0.25) is 5.02 Å². The number of halogens is 1. The van der Waals surface area contributed by atoms with Crippen molar-refractivity contribution in [1.29, 1.82) is 0 Å². The van der Waals surface area contributed by atoms with Gasteiger partial charge in [0.25, 0.3) is 5.91 Å². The second-order valence-corrected chi connectivity index (χ2v) is 8.96. The molecule has 4 nitrogen and oxygen atoms in total. The SMILES string of the molecule is CCOc1ccccc1N1C(=O)/C(=C/c2ccc(OCc3ccccc3)c(Cl)c2)SC1=S. The first-order valence-electron chi connectivity index (χ1n) is 10.0. The number of rotatable bonds is 7. The first-order chi connectivity index (χ1) is 15.6. The molecular formula is C25H20ClNO3S2. The van der Waals surface area contributed by atoms with E-state index < -0.39 is 0 Å². The minimum atomic E-state index is -0.187. The second kappa shape index (κ2) is 10.2. The zero-order valence-corrected chi connectivity index (χ0v) is 19.7. The monoisotopic (exact) mass is 481 g/mol. The van der Waals surface area contributed by atoms with Gasteiger partial charge in [-0.15, -0.1) is 0 Å². The van der Waals surface area contributed by atoms with Gasteiger partial charge in [-0.25, -0.2) is 0 Å². The molecule has 0 aliphatic carbocycles. The maximum absolute atomic E-state index is 13.1. The lowest BCUT2D eigenvalue weighted by Crippen LogP contribution is -2.28. The van der Waals surface area contributed by atoms with Gasteiger partial charge in [-0.1, -0.05) is 84.1 Å². The molecule has 0 N–H and O–H groups in total. The van der Waals surface area contributed by atoms with Crippen molar-refractivity contribution in [1.82, 2.24) is 0 Å². The maximum Gasteiger partial charge on any atom is 0.270 e. The van der Waals surface area contributed by atoms with Crippen molar-refractivity contribution < 1.29 is 14.3 Å². The van der Waals surface area contributed by atoms with Crippen LogP contribution in [0.15, 0.2) is 77.7 Å². The van der Waals surface area contributed by atoms with Crippen LogP contribution in [0.1, 0.15) is 18.1 Å². The lowest BCUT2D eigenvalue weighted by Gasteiger charge is -2.18. The molecule has 1 saturated heterocycles. The van der Waals surface area contributed by atoms with Gasteiger partial charge in [-0.3, -0.25) is 9.69 Å². The molecule has 0 radical (unpaired) electrons. The number of carbonyl (C=O) groups excluding carboxylic acids is 1. The van der Waals surface area contributed by atoms with Crippen molar-refractivity contribution in [3.05, 3.63) is 93.9 Å². The summed E-state index contributed by atoms with van der Waals surface area (Å²) in [5.74, 6) is 1.02. The van der Waals surface area contributed by atoms with Gasteiger partial charge in [0.2, 0.25) is 0 Å². The van der Waals surface area contributed by atoms with Crippen molar-refractivity contribution >= 4 is 57.6 Å². The molecule has 0 atom stereocenters. The highest BCUT2D eigenvalue weighted by Crippen LogP contribution is 2.40. The summed E-state index contributed by atoms with van der Waals surface area (Å²) < 4.78 is 12.0. The highest BCUT2D eigenvalue weighted by atomic mass is 35.5. The average molecular weight is 482 g/mol. The summed E-state index contributed by atoms with van der Waals surface area (Å²) in [7, 11) is 0. The van der Waals surface area contributed by atoms with Gasteiger partial charge in [-0.2, -0.15) is 0 Å². The first kappa shape index (κ1) is 22.4. The smallest absolute Gasteiger partial charge is 0.270 e. The van der Waals surface area contributed by atoms with Crippen LogP contribution in [0.4, 0.5) is 5.69 Å². The Balaban J connectivity index is 1.52. The summed E-state index contributed by atoms with van der Waals surface area (Å²) in [6.45, 7) is 2.83. The quantitative estimate of drug-likeness (QED) is 0.276. The summed E-state index contributed by atoms with van der Waals surface area (Å²) >= 11 is 13.2. The maximum atomic E-state index is 13.1. The third-order valence-corrected chi connectivity index (χ3v) is 6.29. The number of anilines is 1. The molecule has 0 spiro atoms. The van der Waals surface area contributed by atoms with Crippen molar-refractivity contribution in [3.63, 3.8) is 0 Å². The van der Waals surface area contributed by atoms with Gasteiger partial charge in [0.05, 0.1) is 22.2 Å². The number of benzene rings is 3. The fraction of sp³-hybridized carbons (Fsp3) is 0.120. The van der Waals surface area contributed by atoms with E-state index in [2.05, 4.69) is 0 Å². The lowest BCUT2D eigenvalue weighted by molar-refractivity contribution is -0.113. The van der Waals surface area contributed by atoms with Crippen LogP contribution in [-0.2, 0) is 11.4 Å². The Bertz CT molecular complexity index is 1180. The molecule has 3 aromatic carbocycles. The number of para-hydroxylation sites is 2. The Labute approximate surface area is 201 Å². The molecule has 32 heavy (non-hydrogen) atoms. The van der Waals surface area contributed by atoms with E-state index >= 15 is 0 Å². The van der Waals surface area contributed by atoms with E-state index in [4.69, 9.17) is 33.3 Å². The summed E-state index contributed by atoms with van der Waals surface area (Å²) in [5, 5.41) is 0.479. The number of amides is 1. The van der Waals surface area contributed by atoms with Crippen molar-refractivity contribution in [2.24, 2.45) is 0 Å². The predicted molar refractivity (Wildman–Crippen MR) is 135 cm³/mol. The Morgan fingerprint density at radius 1 is 1.00 bits per heavy atom. The van der Waals surface area contributed by atoms with Crippen molar-refractivity contribution in [3.8, 4) is 11.5 Å². The molecule has 162 valence electrons. The zero-order chi connectivity index (χ0) is 22.5. The van der Waals surface area contributed by atoms with E-state index in [1.807, 2.05) is 73.7 Å². The molecule has 7 heteroatoms. The molecule has 0 unspecified atom stereocenters. The van der Waals surface area contributed by atoms with E-state index in [1.165, 1.54) is 16.7 Å². The van der Waals surface area contributed by atoms with Gasteiger partial charge >= 0.3 is 0 Å². The van der Waals surface area contributed by atoms with Gasteiger partial charge < -0.3 is 9.47 Å². The minimum Gasteiger partial charge on any atom is -0.492 e. The number of hydrogen-bond donors (Lipinski definition) is 0. The Hall–Kier alpha value is -2.80. The Kier molecular flexibility index (Phi) is 7.15. The van der Waals surface area contributed by atoms with Gasteiger partial charge in [-0.05, 0) is 48.4 Å². The minimum absolute atomic E-state index is 0.187. The lowest BCUT2D eigenvalue weighted by atomic mass is 10.2. The topological polar surface area (TPSA) is 38.8 Å². The molecule has 1 amide bonds. The molecule has 0 aromatic heterocycles. The number of hydrogen-bond acceptors (Lipinski definition) is 5. The van der Waals surface area contributed by atoms with Crippen LogP contribution < -0.4 is 14.4 Å². The molecular weight excluding hydrogens is 462 g/mol. The fourth-order valence-corrected chi connectivity index (χ4v) is 4.73. The van der Waals surface area contributed by atoms with Gasteiger partial charge in [0, 0.05) is 0 Å². The fourth-order valence-electron chi connectivity index (χ4n) is 3.21. The predicted octanol–water partition coefficient (Wildman–Crippen LogP) is 6.72. The number of carbonyl (C=O) groups is 1. The van der Waals surface area contributed by atoms with E-state index in [0.717, 1.165) is 11.1 Å². The molecule has 4 rings (SSSR count). The summed E-state index contributed by atoms with van der Waals surface area (Å²) in [6.07, 6.45) is 1.79. The Morgan fingerprint density at radius 2 is 1.75 bits per heavy atom. The van der Waals surface area contributed by atoms with Gasteiger partial charge in [0.15, 0.2) is 4.32 Å². The zero-order valence-electron chi connectivity index (χ0n) is 17.3. The normalized spacial score (nSPS) is 14.8. The van der Waals surface area contributed by atoms with E-state index in [-0.39, 0.29) is 5.91 Å². The van der Waals surface area contributed by atoms with Crippen LogP contribution in [0.5, 0.6) is 11.5 Å². The molecule has 0 saturated carbocycles. The number of thioether (sulfide) groups is 1. The molecule has 0 bridgehead atoms. The highest BCUT2D eigenvalue weighted by molar-refractivity contribution is 8.27. The van der Waals surface area contributed by atoms with Crippen LogP contribution in [0.3, 0.4) is 0 Å². The highest BCUT2D eigenvalue weighted by Gasteiger charge is 2.34. The first-order valence-corrected chi connectivity index (χ1v) is 11.6. The van der Waals surface area contributed by atoms with Gasteiger partial charge in [0.1, 0.15) is 18.1 Å². The second-order valence-electron chi connectivity index (χ2n) is 6.88. The molecule has 1 aliphatic heterocycles. The third kappa shape index (κ3) is 4.99. The molecule has 1 fully saturated rings. The van der Waals surface area contributed by atoms with Crippen molar-refractivity contribution in [2.45, 2.75) is 13.5 Å². The molecule has 1 aliphatic rings. The number of thiocarbonyl (C=S) groups is 1. The van der Waals surface area contributed by atoms with E-state index in [1.54, 1.807) is 12.1 Å². The van der Waals surface area contributed by atoms with E-state index in [0.29, 0.717) is 44.6 Å². The number of ether oxygens (including phenoxy) is 2. The summed E-state index contributed by atoms with van der Waals surface area (Å²) in [5.41, 5.74) is 2.49. The van der Waals surface area contributed by atoms with Crippen LogP contribution in [0.25, 0.3) is 6.08 Å². The molecule has 1 heterocycles. The summed E-state index contributed by atoms with van der Waals surface area (Å²) in [4.78, 5) is 15.2. The average Bonchev–Trinajstić information content (AvgIpc) is 3.07. The van der Waals surface area contributed by atoms with Crippen LogP contribution in [-0.4, -0.2) is 16.8 Å². The Morgan fingerprint density at radius 3 is 2.50 bits per heavy atom. The largest absolute Gasteiger partial charge is 0.492 e. The standard InChI is InChI=1S/C25H20ClNO3S2/c1-2-29-22-11-7-6-10-20(22)27-24(28)23(32-25(27)31)15-18-12-13-21(19(26)14-18)30-16-17-8-4-3-5-9-17/h3-15H,2,16H2,1H3/b23-15-. The van der Waals surface area contributed by atoms with Crippen molar-refractivity contribution in [2.75, 3.05) is 11.5 Å². The number of nitrogens with zero attached hydrogens (tertiary/aromatic N) is 1. The van der Waals surface area contributed by atoms with E-state index in [9.17, 15) is 4.79 Å². The third-order valence-electron chi connectivity index (χ3n) is 4.69. The molecule has 3 aromatic rings. The van der Waals surface area contributed by atoms with Crippen LogP contribution in [0, 0.1) is 0 Å².